The molecule has 1 aromatic carbocycles. The van der Waals surface area contributed by atoms with Gasteiger partial charge in [0.2, 0.25) is 0 Å². The van der Waals surface area contributed by atoms with E-state index in [1.807, 2.05) is 18.2 Å². The number of aliphatic carboxylic acids is 1. The fraction of sp³-hybridized carbons (Fsp3) is 0.588. The largest absolute Gasteiger partial charge is 0.493 e. The van der Waals surface area contributed by atoms with Crippen LogP contribution in [0.2, 0.25) is 0 Å². The van der Waals surface area contributed by atoms with Crippen LogP contribution in [0.1, 0.15) is 31.2 Å². The highest BCUT2D eigenvalue weighted by Gasteiger charge is 2.52. The lowest BCUT2D eigenvalue weighted by atomic mass is 9.96. The first-order valence-corrected chi connectivity index (χ1v) is 7.82. The molecule has 0 aromatic heterocycles. The van der Waals surface area contributed by atoms with Crippen molar-refractivity contribution in [2.24, 2.45) is 0 Å². The van der Waals surface area contributed by atoms with Gasteiger partial charge in [-0.3, -0.25) is 4.79 Å². The van der Waals surface area contributed by atoms with Gasteiger partial charge in [-0.1, -0.05) is 6.07 Å². The second-order valence-electron chi connectivity index (χ2n) is 6.40. The number of ether oxygens (including phenoxy) is 2. The highest BCUT2D eigenvalue weighted by Crippen LogP contribution is 2.50. The van der Waals surface area contributed by atoms with Gasteiger partial charge in [-0.25, -0.2) is 0 Å². The Morgan fingerprint density at radius 1 is 1.36 bits per heavy atom. The fourth-order valence-corrected chi connectivity index (χ4v) is 3.21. The van der Waals surface area contributed by atoms with E-state index in [0.29, 0.717) is 24.3 Å². The Labute approximate surface area is 130 Å². The van der Waals surface area contributed by atoms with E-state index in [-0.39, 0.29) is 6.10 Å². The molecule has 3 rings (SSSR count). The summed E-state index contributed by atoms with van der Waals surface area (Å²) >= 11 is 0. The van der Waals surface area contributed by atoms with Crippen molar-refractivity contribution in [2.75, 3.05) is 27.2 Å². The van der Waals surface area contributed by atoms with Crippen molar-refractivity contribution in [3.05, 3.63) is 23.8 Å². The van der Waals surface area contributed by atoms with Gasteiger partial charge in [-0.2, -0.15) is 0 Å². The number of carboxylic acids is 1. The summed E-state index contributed by atoms with van der Waals surface area (Å²) in [6.07, 6.45) is 3.65. The number of likely N-dealkylation sites (tertiary alicyclic amines) is 1. The van der Waals surface area contributed by atoms with Gasteiger partial charge in [-0.15, -0.1) is 0 Å². The van der Waals surface area contributed by atoms with E-state index in [0.717, 1.165) is 31.5 Å². The quantitative estimate of drug-likeness (QED) is 0.904. The van der Waals surface area contributed by atoms with E-state index in [2.05, 4.69) is 11.9 Å². The molecule has 22 heavy (non-hydrogen) atoms. The maximum absolute atomic E-state index is 11.5. The Morgan fingerprint density at radius 3 is 2.73 bits per heavy atom. The standard InChI is InChI=1S/C17H23NO4/c1-18-9-3-4-13(11-18)22-15-10-12(5-6-14(15)21-2)17(7-8-17)16(19)20/h5-6,10,13H,3-4,7-9,11H2,1-2H3,(H,19,20). The van der Waals surface area contributed by atoms with E-state index in [9.17, 15) is 9.90 Å². The molecule has 2 fully saturated rings. The Morgan fingerprint density at radius 2 is 2.14 bits per heavy atom. The van der Waals surface area contributed by atoms with E-state index in [1.165, 1.54) is 0 Å². The number of piperidine rings is 1. The number of nitrogens with zero attached hydrogens (tertiary/aromatic N) is 1. The Bertz CT molecular complexity index is 568. The first-order chi connectivity index (χ1) is 10.5. The number of rotatable bonds is 5. The normalized spacial score (nSPS) is 23.8. The Hall–Kier alpha value is -1.75. The molecule has 0 amide bonds. The van der Waals surface area contributed by atoms with Crippen molar-refractivity contribution in [1.82, 2.24) is 4.90 Å². The number of benzene rings is 1. The van der Waals surface area contributed by atoms with Gasteiger partial charge in [0.1, 0.15) is 6.10 Å². The minimum absolute atomic E-state index is 0.128. The summed E-state index contributed by atoms with van der Waals surface area (Å²) in [5.74, 6) is 0.576. The summed E-state index contributed by atoms with van der Waals surface area (Å²) in [5, 5.41) is 9.45. The van der Waals surface area contributed by atoms with Crippen LogP contribution in [0.15, 0.2) is 18.2 Å². The second kappa shape index (κ2) is 5.80. The summed E-state index contributed by atoms with van der Waals surface area (Å²) in [7, 11) is 3.70. The van der Waals surface area contributed by atoms with Crippen molar-refractivity contribution >= 4 is 5.97 Å². The molecule has 1 aliphatic carbocycles. The summed E-state index contributed by atoms with van der Waals surface area (Å²) in [5.41, 5.74) is 0.105. The molecule has 1 heterocycles. The van der Waals surface area contributed by atoms with Gasteiger partial charge in [0.15, 0.2) is 11.5 Å². The van der Waals surface area contributed by atoms with Gasteiger partial charge >= 0.3 is 5.97 Å². The van der Waals surface area contributed by atoms with Crippen LogP contribution in [-0.2, 0) is 10.2 Å². The third-order valence-corrected chi connectivity index (χ3v) is 4.75. The zero-order valence-corrected chi connectivity index (χ0v) is 13.2. The molecule has 1 saturated carbocycles. The van der Waals surface area contributed by atoms with Gasteiger partial charge in [0.05, 0.1) is 12.5 Å². The molecule has 1 aromatic rings. The van der Waals surface area contributed by atoms with Gasteiger partial charge in [-0.05, 0) is 57.0 Å². The third-order valence-electron chi connectivity index (χ3n) is 4.75. The van der Waals surface area contributed by atoms with Crippen LogP contribution in [-0.4, -0.2) is 49.3 Å². The minimum atomic E-state index is -0.749. The average molecular weight is 305 g/mol. The van der Waals surface area contributed by atoms with Crippen molar-refractivity contribution in [1.29, 1.82) is 0 Å². The molecule has 5 heteroatoms. The predicted molar refractivity (Wildman–Crippen MR) is 82.7 cm³/mol. The van der Waals surface area contributed by atoms with Crippen LogP contribution < -0.4 is 9.47 Å². The summed E-state index contributed by atoms with van der Waals surface area (Å²) in [6.45, 7) is 1.98. The zero-order valence-electron chi connectivity index (χ0n) is 13.2. The predicted octanol–water partition coefficient (Wildman–Crippen LogP) is 2.28. The van der Waals surface area contributed by atoms with Gasteiger partial charge in [0, 0.05) is 6.54 Å². The molecule has 0 bridgehead atoms. The van der Waals surface area contributed by atoms with Crippen molar-refractivity contribution in [3.8, 4) is 11.5 Å². The summed E-state index contributed by atoms with van der Waals surface area (Å²) in [6, 6.07) is 5.52. The summed E-state index contributed by atoms with van der Waals surface area (Å²) < 4.78 is 11.5. The molecule has 1 aliphatic heterocycles. The smallest absolute Gasteiger partial charge is 0.314 e. The number of likely N-dealkylation sites (N-methyl/N-ethyl adjacent to an activating group) is 1. The molecular formula is C17H23NO4. The van der Waals surface area contributed by atoms with E-state index in [4.69, 9.17) is 9.47 Å². The first kappa shape index (κ1) is 15.2. The molecule has 0 radical (unpaired) electrons. The number of hydrogen-bond acceptors (Lipinski definition) is 4. The molecule has 1 atom stereocenters. The fourth-order valence-electron chi connectivity index (χ4n) is 3.21. The van der Waals surface area contributed by atoms with E-state index >= 15 is 0 Å². The molecular weight excluding hydrogens is 282 g/mol. The lowest BCUT2D eigenvalue weighted by molar-refractivity contribution is -0.140. The second-order valence-corrected chi connectivity index (χ2v) is 6.40. The third kappa shape index (κ3) is 2.77. The van der Waals surface area contributed by atoms with Gasteiger partial charge < -0.3 is 19.5 Å². The minimum Gasteiger partial charge on any atom is -0.493 e. The Kier molecular flexibility index (Phi) is 4.00. The lowest BCUT2D eigenvalue weighted by Gasteiger charge is -2.30. The lowest BCUT2D eigenvalue weighted by Crippen LogP contribution is -2.38. The number of methoxy groups -OCH3 is 1. The van der Waals surface area contributed by atoms with E-state index in [1.54, 1.807) is 7.11 Å². The van der Waals surface area contributed by atoms with E-state index < -0.39 is 11.4 Å². The molecule has 120 valence electrons. The maximum Gasteiger partial charge on any atom is 0.314 e. The average Bonchev–Trinajstić information content (AvgIpc) is 3.29. The highest BCUT2D eigenvalue weighted by atomic mass is 16.5. The molecule has 1 N–H and O–H groups in total. The number of carbonyl (C=O) groups is 1. The molecule has 5 nitrogen and oxygen atoms in total. The van der Waals surface area contributed by atoms with Crippen molar-refractivity contribution < 1.29 is 19.4 Å². The summed E-state index contributed by atoms with van der Waals surface area (Å²) in [4.78, 5) is 13.8. The topological polar surface area (TPSA) is 59.0 Å². The van der Waals surface area contributed by atoms with Crippen LogP contribution in [0.5, 0.6) is 11.5 Å². The monoisotopic (exact) mass is 305 g/mol. The highest BCUT2D eigenvalue weighted by molar-refractivity contribution is 5.85. The van der Waals surface area contributed by atoms with Crippen LogP contribution >= 0.6 is 0 Å². The van der Waals surface area contributed by atoms with Crippen LogP contribution in [0.25, 0.3) is 0 Å². The number of carboxylic acid groups (broad SMARTS) is 1. The SMILES string of the molecule is COc1ccc(C2(C(=O)O)CC2)cc1OC1CCCN(C)C1. The Balaban J connectivity index is 1.84. The first-order valence-electron chi connectivity index (χ1n) is 7.82. The van der Waals surface area contributed by atoms with Gasteiger partial charge in [0.25, 0.3) is 0 Å². The molecule has 1 unspecified atom stereocenters. The molecule has 2 aliphatic rings. The number of hydrogen-bond donors (Lipinski definition) is 1. The zero-order chi connectivity index (χ0) is 15.7. The maximum atomic E-state index is 11.5. The van der Waals surface area contributed by atoms with Crippen molar-refractivity contribution in [2.45, 2.75) is 37.2 Å². The van der Waals surface area contributed by atoms with Crippen LogP contribution in [0.4, 0.5) is 0 Å². The molecule has 0 spiro atoms. The van der Waals surface area contributed by atoms with Crippen LogP contribution in [0, 0.1) is 0 Å². The van der Waals surface area contributed by atoms with Crippen molar-refractivity contribution in [3.63, 3.8) is 0 Å². The molecule has 1 saturated heterocycles. The van der Waals surface area contributed by atoms with Crippen LogP contribution in [0.3, 0.4) is 0 Å².